The second-order valence-electron chi connectivity index (χ2n) is 6.06. The zero-order valence-corrected chi connectivity index (χ0v) is 13.6. The first-order valence-electron chi connectivity index (χ1n) is 8.27. The van der Waals surface area contributed by atoms with Crippen LogP contribution in [-0.4, -0.2) is 24.3 Å². The summed E-state index contributed by atoms with van der Waals surface area (Å²) in [5, 5.41) is 0. The van der Waals surface area contributed by atoms with Crippen LogP contribution < -0.4 is 5.73 Å². The average Bonchev–Trinajstić information content (AvgIpc) is 2.87. The number of allylic oxidation sites excluding steroid dienone is 1. The third kappa shape index (κ3) is 7.48. The van der Waals surface area contributed by atoms with Gasteiger partial charge in [-0.1, -0.05) is 12.5 Å². The lowest BCUT2D eigenvalue weighted by atomic mass is 9.98. The Bertz CT molecular complexity index is 364. The minimum Gasteiger partial charge on any atom is -0.463 e. The van der Waals surface area contributed by atoms with Crippen LogP contribution in [0.2, 0.25) is 0 Å². The Hall–Kier alpha value is -1.52. The van der Waals surface area contributed by atoms with Gasteiger partial charge in [-0.2, -0.15) is 0 Å². The van der Waals surface area contributed by atoms with Gasteiger partial charge < -0.3 is 15.2 Å². The lowest BCUT2D eigenvalue weighted by Gasteiger charge is -2.20. The molecule has 1 amide bonds. The number of rotatable bonds is 4. The molecular weight excluding hydrogens is 282 g/mol. The van der Waals surface area contributed by atoms with E-state index in [0.29, 0.717) is 5.92 Å². The molecule has 5 nitrogen and oxygen atoms in total. The van der Waals surface area contributed by atoms with E-state index in [2.05, 4.69) is 6.58 Å². The topological polar surface area (TPSA) is 78.6 Å². The van der Waals surface area contributed by atoms with Gasteiger partial charge in [0.25, 0.3) is 0 Å². The van der Waals surface area contributed by atoms with Gasteiger partial charge in [-0.3, -0.25) is 4.79 Å². The molecule has 22 heavy (non-hydrogen) atoms. The van der Waals surface area contributed by atoms with Crippen molar-refractivity contribution >= 4 is 12.1 Å². The van der Waals surface area contributed by atoms with Crippen LogP contribution >= 0.6 is 0 Å². The smallest absolute Gasteiger partial charge is 0.404 e. The van der Waals surface area contributed by atoms with Crippen molar-refractivity contribution in [1.82, 2.24) is 0 Å². The number of carbonyl (C=O) groups is 2. The molecule has 0 aromatic heterocycles. The molecule has 2 rings (SSSR count). The molecule has 0 aliphatic heterocycles. The van der Waals surface area contributed by atoms with Crippen molar-refractivity contribution in [1.29, 1.82) is 0 Å². The molecule has 5 heteroatoms. The molecule has 2 N–H and O–H groups in total. The number of hydrogen-bond donors (Lipinski definition) is 1. The van der Waals surface area contributed by atoms with Crippen molar-refractivity contribution in [2.45, 2.75) is 76.9 Å². The summed E-state index contributed by atoms with van der Waals surface area (Å²) in [7, 11) is 0. The standard InChI is InChI=1S/C9H15NO2.C8H14O2/c1-2-4-7-5-3-6-8(7)12-9(10)11;1-7(9)10-8-5-3-2-4-6-8/h2,7-8H,1,3-6H2,(H2,10,11);8H,2-6H2,1H3/t7-,8?;/m1./s1. The average molecular weight is 311 g/mol. The Labute approximate surface area is 133 Å². The van der Waals surface area contributed by atoms with E-state index >= 15 is 0 Å². The van der Waals surface area contributed by atoms with E-state index in [4.69, 9.17) is 15.2 Å². The Morgan fingerprint density at radius 2 is 1.77 bits per heavy atom. The monoisotopic (exact) mass is 311 g/mol. The molecule has 0 saturated heterocycles. The number of ether oxygens (including phenoxy) is 2. The number of primary amides is 1. The van der Waals surface area contributed by atoms with E-state index in [1.807, 2.05) is 6.08 Å². The van der Waals surface area contributed by atoms with Crippen molar-refractivity contribution in [3.63, 3.8) is 0 Å². The molecule has 0 spiro atoms. The van der Waals surface area contributed by atoms with Crippen LogP contribution in [0.25, 0.3) is 0 Å². The zero-order chi connectivity index (χ0) is 16.4. The molecule has 2 atom stereocenters. The molecule has 2 aliphatic carbocycles. The number of amides is 1. The van der Waals surface area contributed by atoms with Gasteiger partial charge in [-0.25, -0.2) is 4.79 Å². The van der Waals surface area contributed by atoms with Crippen LogP contribution in [0.1, 0.15) is 64.7 Å². The summed E-state index contributed by atoms with van der Waals surface area (Å²) in [6.45, 7) is 5.15. The fourth-order valence-corrected chi connectivity index (χ4v) is 3.21. The first-order chi connectivity index (χ1) is 10.5. The van der Waals surface area contributed by atoms with Crippen LogP contribution in [-0.2, 0) is 14.3 Å². The molecule has 0 bridgehead atoms. The van der Waals surface area contributed by atoms with Crippen LogP contribution in [0.4, 0.5) is 4.79 Å². The molecule has 126 valence electrons. The molecule has 2 saturated carbocycles. The Kier molecular flexibility index (Phi) is 8.63. The number of carbonyl (C=O) groups excluding carboxylic acids is 2. The molecular formula is C17H29NO4. The second-order valence-corrected chi connectivity index (χ2v) is 6.06. The summed E-state index contributed by atoms with van der Waals surface area (Å²) in [6, 6.07) is 0. The fourth-order valence-electron chi connectivity index (χ4n) is 3.21. The first kappa shape index (κ1) is 18.5. The summed E-state index contributed by atoms with van der Waals surface area (Å²) in [6.07, 6.45) is 11.4. The lowest BCUT2D eigenvalue weighted by Crippen LogP contribution is -2.25. The van der Waals surface area contributed by atoms with Gasteiger partial charge >= 0.3 is 12.1 Å². The van der Waals surface area contributed by atoms with Crippen molar-refractivity contribution in [3.8, 4) is 0 Å². The normalized spacial score (nSPS) is 24.8. The SMILES string of the molecule is C=CC[C@@H]1CCCC1OC(N)=O.CC(=O)OC1CCCCC1. The predicted molar refractivity (Wildman–Crippen MR) is 85.3 cm³/mol. The number of hydrogen-bond acceptors (Lipinski definition) is 4. The third-order valence-electron chi connectivity index (χ3n) is 4.21. The summed E-state index contributed by atoms with van der Waals surface area (Å²) in [5.41, 5.74) is 4.94. The minimum atomic E-state index is -0.657. The summed E-state index contributed by atoms with van der Waals surface area (Å²) >= 11 is 0. The highest BCUT2D eigenvalue weighted by molar-refractivity contribution is 5.66. The number of esters is 1. The van der Waals surface area contributed by atoms with E-state index in [9.17, 15) is 9.59 Å². The first-order valence-corrected chi connectivity index (χ1v) is 8.27. The molecule has 0 radical (unpaired) electrons. The van der Waals surface area contributed by atoms with E-state index in [1.54, 1.807) is 0 Å². The maximum atomic E-state index is 10.5. The number of nitrogens with two attached hydrogens (primary N) is 1. The van der Waals surface area contributed by atoms with Crippen LogP contribution in [0.3, 0.4) is 0 Å². The third-order valence-corrected chi connectivity index (χ3v) is 4.21. The van der Waals surface area contributed by atoms with Gasteiger partial charge in [-0.15, -0.1) is 6.58 Å². The van der Waals surface area contributed by atoms with Crippen molar-refractivity contribution in [2.24, 2.45) is 11.7 Å². The van der Waals surface area contributed by atoms with Crippen molar-refractivity contribution in [2.75, 3.05) is 0 Å². The lowest BCUT2D eigenvalue weighted by molar-refractivity contribution is -0.147. The highest BCUT2D eigenvalue weighted by atomic mass is 16.6. The van der Waals surface area contributed by atoms with E-state index in [1.165, 1.54) is 26.2 Å². The molecule has 0 aromatic rings. The Balaban J connectivity index is 0.000000224. The minimum absolute atomic E-state index is 0.0282. The maximum Gasteiger partial charge on any atom is 0.404 e. The van der Waals surface area contributed by atoms with Gasteiger partial charge in [-0.05, 0) is 57.3 Å². The molecule has 2 fully saturated rings. The molecule has 1 unspecified atom stereocenters. The predicted octanol–water partition coefficient (Wildman–Crippen LogP) is 3.71. The summed E-state index contributed by atoms with van der Waals surface area (Å²) in [4.78, 5) is 21.0. The van der Waals surface area contributed by atoms with E-state index in [-0.39, 0.29) is 18.2 Å². The highest BCUT2D eigenvalue weighted by Gasteiger charge is 2.28. The van der Waals surface area contributed by atoms with Crippen LogP contribution in [0.5, 0.6) is 0 Å². The van der Waals surface area contributed by atoms with Crippen molar-refractivity contribution < 1.29 is 19.1 Å². The van der Waals surface area contributed by atoms with Crippen LogP contribution in [0, 0.1) is 5.92 Å². The molecule has 0 aromatic carbocycles. The maximum absolute atomic E-state index is 10.5. The van der Waals surface area contributed by atoms with Gasteiger partial charge in [0, 0.05) is 6.92 Å². The van der Waals surface area contributed by atoms with Gasteiger partial charge in [0.15, 0.2) is 0 Å². The van der Waals surface area contributed by atoms with Crippen LogP contribution in [0.15, 0.2) is 12.7 Å². The van der Waals surface area contributed by atoms with Crippen molar-refractivity contribution in [3.05, 3.63) is 12.7 Å². The quantitative estimate of drug-likeness (QED) is 0.634. The van der Waals surface area contributed by atoms with E-state index in [0.717, 1.165) is 38.5 Å². The highest BCUT2D eigenvalue weighted by Crippen LogP contribution is 2.30. The van der Waals surface area contributed by atoms with Gasteiger partial charge in [0.05, 0.1) is 0 Å². The largest absolute Gasteiger partial charge is 0.463 e. The molecule has 0 heterocycles. The van der Waals surface area contributed by atoms with Gasteiger partial charge in [0.1, 0.15) is 12.2 Å². The fraction of sp³-hybridized carbons (Fsp3) is 0.765. The second kappa shape index (κ2) is 10.2. The summed E-state index contributed by atoms with van der Waals surface area (Å²) in [5.74, 6) is 0.307. The van der Waals surface area contributed by atoms with E-state index < -0.39 is 6.09 Å². The Morgan fingerprint density at radius 1 is 1.09 bits per heavy atom. The Morgan fingerprint density at radius 3 is 2.32 bits per heavy atom. The summed E-state index contributed by atoms with van der Waals surface area (Å²) < 4.78 is 10.0. The zero-order valence-electron chi connectivity index (χ0n) is 13.6. The van der Waals surface area contributed by atoms with Gasteiger partial charge in [0.2, 0.25) is 0 Å². The molecule has 2 aliphatic rings.